The largest absolute Gasteiger partial charge is 0.325 e. The summed E-state index contributed by atoms with van der Waals surface area (Å²) >= 11 is 0. The average molecular weight is 347 g/mol. The van der Waals surface area contributed by atoms with Gasteiger partial charge in [-0.15, -0.1) is 0 Å². The van der Waals surface area contributed by atoms with Crippen LogP contribution in [-0.4, -0.2) is 21.2 Å². The predicted octanol–water partition coefficient (Wildman–Crippen LogP) is 2.75. The lowest BCUT2D eigenvalue weighted by molar-refractivity contribution is -0.116. The number of hydrogen-bond donors (Lipinski definition) is 1. The molecule has 1 N–H and O–H groups in total. The van der Waals surface area contributed by atoms with E-state index < -0.39 is 0 Å². The summed E-state index contributed by atoms with van der Waals surface area (Å²) in [6, 6.07) is 16.1. The number of nitrogens with zero attached hydrogens (tertiary/aromatic N) is 2. The molecule has 6 nitrogen and oxygen atoms in total. The van der Waals surface area contributed by atoms with Gasteiger partial charge in [-0.2, -0.15) is 0 Å². The zero-order valence-corrected chi connectivity index (χ0v) is 14.2. The highest BCUT2D eigenvalue weighted by Crippen LogP contribution is 2.14. The summed E-state index contributed by atoms with van der Waals surface area (Å²) in [6.07, 6.45) is 2.76. The number of carbonyl (C=O) groups is 2. The van der Waals surface area contributed by atoms with Gasteiger partial charge in [0.25, 0.3) is 5.56 Å². The molecule has 6 heteroatoms. The number of Topliss-reactive ketones (excluding diaryl/α,β-unsaturated/α-hetero) is 1. The monoisotopic (exact) mass is 347 g/mol. The van der Waals surface area contributed by atoms with Crippen LogP contribution in [-0.2, 0) is 11.3 Å². The maximum absolute atomic E-state index is 12.3. The Kier molecular flexibility index (Phi) is 5.03. The van der Waals surface area contributed by atoms with Crippen molar-refractivity contribution in [1.29, 1.82) is 0 Å². The first-order valence-electron chi connectivity index (χ1n) is 8.06. The lowest BCUT2D eigenvalue weighted by atomic mass is 10.1. The predicted molar refractivity (Wildman–Crippen MR) is 99.0 cm³/mol. The van der Waals surface area contributed by atoms with E-state index in [9.17, 15) is 14.4 Å². The molecule has 0 saturated heterocycles. The van der Waals surface area contributed by atoms with Gasteiger partial charge in [0.2, 0.25) is 5.91 Å². The van der Waals surface area contributed by atoms with Gasteiger partial charge in [0, 0.05) is 23.0 Å². The van der Waals surface area contributed by atoms with Crippen LogP contribution in [0, 0.1) is 0 Å². The second-order valence-electron chi connectivity index (χ2n) is 5.79. The summed E-state index contributed by atoms with van der Waals surface area (Å²) < 4.78 is 1.31. The molecular formula is C20H17N3O3. The van der Waals surface area contributed by atoms with Gasteiger partial charge in [0.15, 0.2) is 5.78 Å². The summed E-state index contributed by atoms with van der Waals surface area (Å²) in [4.78, 5) is 39.9. The SMILES string of the molecule is CC(=O)c1cccc(NC(=O)Cn2cc(-c3ccccc3)ncc2=O)c1. The van der Waals surface area contributed by atoms with Crippen molar-refractivity contribution < 1.29 is 9.59 Å². The quantitative estimate of drug-likeness (QED) is 0.720. The highest BCUT2D eigenvalue weighted by atomic mass is 16.2. The minimum Gasteiger partial charge on any atom is -0.325 e. The lowest BCUT2D eigenvalue weighted by Gasteiger charge is -2.09. The van der Waals surface area contributed by atoms with Gasteiger partial charge >= 0.3 is 0 Å². The molecule has 0 atom stereocenters. The highest BCUT2D eigenvalue weighted by molar-refractivity contribution is 5.97. The van der Waals surface area contributed by atoms with E-state index in [2.05, 4.69) is 10.3 Å². The minimum atomic E-state index is -0.364. The number of nitrogens with one attached hydrogen (secondary N) is 1. The molecule has 0 aliphatic heterocycles. The summed E-state index contributed by atoms with van der Waals surface area (Å²) in [6.45, 7) is 1.31. The average Bonchev–Trinajstić information content (AvgIpc) is 2.64. The van der Waals surface area contributed by atoms with Crippen molar-refractivity contribution in [3.05, 3.63) is 82.9 Å². The third-order valence-corrected chi connectivity index (χ3v) is 3.81. The number of carbonyl (C=O) groups excluding carboxylic acids is 2. The van der Waals surface area contributed by atoms with Crippen LogP contribution in [0.5, 0.6) is 0 Å². The Morgan fingerprint density at radius 2 is 1.85 bits per heavy atom. The van der Waals surface area contributed by atoms with Crippen LogP contribution >= 0.6 is 0 Å². The molecule has 0 bridgehead atoms. The summed E-state index contributed by atoms with van der Waals surface area (Å²) in [5.41, 5.74) is 2.12. The summed E-state index contributed by atoms with van der Waals surface area (Å²) in [7, 11) is 0. The lowest BCUT2D eigenvalue weighted by Crippen LogP contribution is -2.27. The Hall–Kier alpha value is -3.54. The van der Waals surface area contributed by atoms with Crippen LogP contribution < -0.4 is 10.9 Å². The zero-order valence-electron chi connectivity index (χ0n) is 14.2. The van der Waals surface area contributed by atoms with Gasteiger partial charge in [-0.1, -0.05) is 42.5 Å². The molecule has 0 radical (unpaired) electrons. The molecule has 0 fully saturated rings. The molecule has 26 heavy (non-hydrogen) atoms. The van der Waals surface area contributed by atoms with Crippen LogP contribution in [0.1, 0.15) is 17.3 Å². The number of hydrogen-bond acceptors (Lipinski definition) is 4. The number of anilines is 1. The van der Waals surface area contributed by atoms with E-state index in [1.54, 1.807) is 30.5 Å². The highest BCUT2D eigenvalue weighted by Gasteiger charge is 2.09. The topological polar surface area (TPSA) is 81.1 Å². The van der Waals surface area contributed by atoms with Gasteiger partial charge < -0.3 is 9.88 Å². The van der Waals surface area contributed by atoms with Gasteiger partial charge in [-0.25, -0.2) is 4.98 Å². The fraction of sp³-hybridized carbons (Fsp3) is 0.100. The fourth-order valence-corrected chi connectivity index (χ4v) is 2.50. The molecule has 0 aliphatic carbocycles. The van der Waals surface area contributed by atoms with E-state index in [4.69, 9.17) is 0 Å². The van der Waals surface area contributed by atoms with Gasteiger partial charge in [0.05, 0.1) is 11.9 Å². The second kappa shape index (κ2) is 7.57. The van der Waals surface area contributed by atoms with E-state index in [0.29, 0.717) is 16.9 Å². The van der Waals surface area contributed by atoms with Crippen LogP contribution in [0.3, 0.4) is 0 Å². The molecule has 1 aromatic heterocycles. The Bertz CT molecular complexity index is 1010. The van der Waals surface area contributed by atoms with E-state index in [0.717, 1.165) is 5.56 Å². The van der Waals surface area contributed by atoms with E-state index in [1.807, 2.05) is 30.3 Å². The van der Waals surface area contributed by atoms with Gasteiger partial charge in [-0.3, -0.25) is 14.4 Å². The number of ketones is 1. The third-order valence-electron chi connectivity index (χ3n) is 3.81. The maximum atomic E-state index is 12.3. The van der Waals surface area contributed by atoms with E-state index in [1.165, 1.54) is 17.7 Å². The van der Waals surface area contributed by atoms with Crippen molar-refractivity contribution in [2.45, 2.75) is 13.5 Å². The second-order valence-corrected chi connectivity index (χ2v) is 5.79. The first-order valence-corrected chi connectivity index (χ1v) is 8.06. The first kappa shape index (κ1) is 17.3. The first-order chi connectivity index (χ1) is 12.5. The Balaban J connectivity index is 1.78. The molecule has 1 heterocycles. The molecule has 0 unspecified atom stereocenters. The molecule has 0 saturated carbocycles. The van der Waals surface area contributed by atoms with Crippen LogP contribution in [0.25, 0.3) is 11.3 Å². The molecule has 3 aromatic rings. The molecule has 1 amide bonds. The third kappa shape index (κ3) is 4.10. The van der Waals surface area contributed by atoms with Crippen molar-refractivity contribution in [3.8, 4) is 11.3 Å². The summed E-state index contributed by atoms with van der Waals surface area (Å²) in [5.74, 6) is -0.447. The zero-order chi connectivity index (χ0) is 18.5. The fourth-order valence-electron chi connectivity index (χ4n) is 2.50. The minimum absolute atomic E-state index is 0.0843. The van der Waals surface area contributed by atoms with E-state index in [-0.39, 0.29) is 23.8 Å². The van der Waals surface area contributed by atoms with Crippen molar-refractivity contribution in [3.63, 3.8) is 0 Å². The number of aromatic nitrogens is 2. The smallest absolute Gasteiger partial charge is 0.269 e. The normalized spacial score (nSPS) is 10.3. The van der Waals surface area contributed by atoms with Crippen molar-refractivity contribution in [2.75, 3.05) is 5.32 Å². The molecule has 3 rings (SSSR count). The van der Waals surface area contributed by atoms with Crippen LogP contribution in [0.2, 0.25) is 0 Å². The van der Waals surface area contributed by atoms with Crippen molar-refractivity contribution in [2.24, 2.45) is 0 Å². The molecule has 130 valence electrons. The van der Waals surface area contributed by atoms with Crippen molar-refractivity contribution in [1.82, 2.24) is 9.55 Å². The molecule has 0 spiro atoms. The maximum Gasteiger partial charge on any atom is 0.269 e. The Labute approximate surface area is 150 Å². The molecular weight excluding hydrogens is 330 g/mol. The number of rotatable bonds is 5. The summed E-state index contributed by atoms with van der Waals surface area (Å²) in [5, 5.41) is 2.70. The van der Waals surface area contributed by atoms with Gasteiger partial charge in [0.1, 0.15) is 6.54 Å². The number of benzene rings is 2. The van der Waals surface area contributed by atoms with Crippen molar-refractivity contribution >= 4 is 17.4 Å². The Morgan fingerprint density at radius 1 is 1.08 bits per heavy atom. The Morgan fingerprint density at radius 3 is 2.58 bits per heavy atom. The van der Waals surface area contributed by atoms with Crippen LogP contribution in [0.15, 0.2) is 71.8 Å². The molecule has 0 aliphatic rings. The molecule has 2 aromatic carbocycles. The standard InChI is InChI=1S/C20H17N3O3/c1-14(24)16-8-5-9-17(10-16)22-19(25)13-23-12-18(21-11-20(23)26)15-6-3-2-4-7-15/h2-12H,13H2,1H3,(H,22,25). The van der Waals surface area contributed by atoms with Gasteiger partial charge in [-0.05, 0) is 19.1 Å². The van der Waals surface area contributed by atoms with E-state index >= 15 is 0 Å². The van der Waals surface area contributed by atoms with Crippen LogP contribution in [0.4, 0.5) is 5.69 Å². The number of amides is 1.